The largest absolute Gasteiger partial charge is 0.335 e. The average molecular weight is 353 g/mol. The Morgan fingerprint density at radius 3 is 1.96 bits per heavy atom. The van der Waals surface area contributed by atoms with Gasteiger partial charge in [-0.05, 0) is 25.1 Å². The number of hydrogen-bond acceptors (Lipinski definition) is 4. The molecule has 3 rings (SSSR count). The third-order valence-corrected chi connectivity index (χ3v) is 4.46. The average Bonchev–Trinajstić information content (AvgIpc) is 2.67. The first kappa shape index (κ1) is 17.6. The molecular formula is C19H19N3O4. The molecule has 0 aromatic heterocycles. The van der Waals surface area contributed by atoms with E-state index >= 15 is 0 Å². The van der Waals surface area contributed by atoms with Crippen molar-refractivity contribution in [2.45, 2.75) is 6.92 Å². The molecule has 1 heterocycles. The summed E-state index contributed by atoms with van der Waals surface area (Å²) in [6.07, 6.45) is 0. The Morgan fingerprint density at radius 2 is 1.42 bits per heavy atom. The Kier molecular flexibility index (Phi) is 4.97. The number of nitrogens with zero attached hydrogens (tertiary/aromatic N) is 3. The molecule has 0 spiro atoms. The number of rotatable bonds is 3. The topological polar surface area (TPSA) is 83.8 Å². The van der Waals surface area contributed by atoms with Crippen molar-refractivity contribution in [1.29, 1.82) is 0 Å². The summed E-state index contributed by atoms with van der Waals surface area (Å²) in [7, 11) is 0. The second-order valence-electron chi connectivity index (χ2n) is 6.26. The molecule has 2 aromatic rings. The SMILES string of the molecule is Cc1ccc(C(=O)N2CCN(C(=O)c3cccc([N+](=O)[O-])c3)CC2)cc1. The summed E-state index contributed by atoms with van der Waals surface area (Å²) in [6, 6.07) is 13.1. The maximum Gasteiger partial charge on any atom is 0.270 e. The van der Waals surface area contributed by atoms with Crippen LogP contribution >= 0.6 is 0 Å². The Bertz CT molecular complexity index is 840. The standard InChI is InChI=1S/C19H19N3O4/c1-14-5-7-15(8-6-14)18(23)20-9-11-21(12-10-20)19(24)16-3-2-4-17(13-16)22(25)26/h2-8,13H,9-12H2,1H3. The van der Waals surface area contributed by atoms with Crippen LogP contribution in [0.3, 0.4) is 0 Å². The number of hydrogen-bond donors (Lipinski definition) is 0. The minimum absolute atomic E-state index is 0.0487. The summed E-state index contributed by atoms with van der Waals surface area (Å²) in [5.74, 6) is -0.302. The molecule has 26 heavy (non-hydrogen) atoms. The highest BCUT2D eigenvalue weighted by Gasteiger charge is 2.26. The van der Waals surface area contributed by atoms with Gasteiger partial charge >= 0.3 is 0 Å². The van der Waals surface area contributed by atoms with E-state index in [9.17, 15) is 19.7 Å². The molecule has 7 nitrogen and oxygen atoms in total. The second-order valence-corrected chi connectivity index (χ2v) is 6.26. The van der Waals surface area contributed by atoms with Crippen LogP contribution in [0.25, 0.3) is 0 Å². The van der Waals surface area contributed by atoms with E-state index in [1.165, 1.54) is 18.2 Å². The predicted octanol–water partition coefficient (Wildman–Crippen LogP) is 2.50. The molecule has 0 bridgehead atoms. The zero-order chi connectivity index (χ0) is 18.7. The van der Waals surface area contributed by atoms with Gasteiger partial charge in [0.25, 0.3) is 17.5 Å². The fraction of sp³-hybridized carbons (Fsp3) is 0.263. The van der Waals surface area contributed by atoms with Crippen molar-refractivity contribution in [2.75, 3.05) is 26.2 Å². The van der Waals surface area contributed by atoms with Crippen LogP contribution < -0.4 is 0 Å². The van der Waals surface area contributed by atoms with Gasteiger partial charge < -0.3 is 9.80 Å². The van der Waals surface area contributed by atoms with E-state index in [2.05, 4.69) is 0 Å². The Balaban J connectivity index is 1.63. The molecule has 0 unspecified atom stereocenters. The molecule has 1 aliphatic heterocycles. The summed E-state index contributed by atoms with van der Waals surface area (Å²) in [6.45, 7) is 3.64. The highest BCUT2D eigenvalue weighted by molar-refractivity contribution is 5.96. The highest BCUT2D eigenvalue weighted by atomic mass is 16.6. The molecule has 1 aliphatic rings. The third-order valence-electron chi connectivity index (χ3n) is 4.46. The lowest BCUT2D eigenvalue weighted by atomic mass is 10.1. The van der Waals surface area contributed by atoms with Gasteiger partial charge in [0, 0.05) is 49.4 Å². The van der Waals surface area contributed by atoms with E-state index in [1.54, 1.807) is 28.0 Å². The first-order valence-corrected chi connectivity index (χ1v) is 8.35. The molecule has 2 amide bonds. The van der Waals surface area contributed by atoms with E-state index in [0.717, 1.165) is 5.56 Å². The number of non-ortho nitro benzene ring substituents is 1. The number of carbonyl (C=O) groups excluding carboxylic acids is 2. The van der Waals surface area contributed by atoms with Gasteiger partial charge in [0.05, 0.1) is 4.92 Å². The molecule has 0 atom stereocenters. The molecule has 2 aromatic carbocycles. The number of nitro groups is 1. The van der Waals surface area contributed by atoms with Gasteiger partial charge in [-0.1, -0.05) is 23.8 Å². The minimum Gasteiger partial charge on any atom is -0.335 e. The van der Waals surface area contributed by atoms with Crippen molar-refractivity contribution in [3.63, 3.8) is 0 Å². The van der Waals surface area contributed by atoms with Crippen molar-refractivity contribution in [2.24, 2.45) is 0 Å². The number of carbonyl (C=O) groups is 2. The molecule has 1 fully saturated rings. The molecule has 0 N–H and O–H groups in total. The van der Waals surface area contributed by atoms with Crippen LogP contribution in [0.15, 0.2) is 48.5 Å². The van der Waals surface area contributed by atoms with Crippen molar-refractivity contribution in [3.8, 4) is 0 Å². The molecule has 0 aliphatic carbocycles. The monoisotopic (exact) mass is 353 g/mol. The highest BCUT2D eigenvalue weighted by Crippen LogP contribution is 2.16. The smallest absolute Gasteiger partial charge is 0.270 e. The number of benzene rings is 2. The molecular weight excluding hydrogens is 334 g/mol. The van der Waals surface area contributed by atoms with Crippen molar-refractivity contribution in [1.82, 2.24) is 9.80 Å². The number of aryl methyl sites for hydroxylation is 1. The maximum atomic E-state index is 12.6. The summed E-state index contributed by atoms with van der Waals surface area (Å²) in [5.41, 5.74) is 1.91. The first-order chi connectivity index (χ1) is 12.5. The van der Waals surface area contributed by atoms with Crippen LogP contribution in [0.1, 0.15) is 26.3 Å². The molecule has 7 heteroatoms. The van der Waals surface area contributed by atoms with E-state index in [-0.39, 0.29) is 23.1 Å². The first-order valence-electron chi connectivity index (χ1n) is 8.35. The summed E-state index contributed by atoms with van der Waals surface area (Å²) >= 11 is 0. The van der Waals surface area contributed by atoms with Gasteiger partial charge in [0.1, 0.15) is 0 Å². The van der Waals surface area contributed by atoms with E-state index in [1.807, 2.05) is 19.1 Å². The minimum atomic E-state index is -0.519. The zero-order valence-electron chi connectivity index (χ0n) is 14.4. The van der Waals surface area contributed by atoms with Crippen molar-refractivity contribution >= 4 is 17.5 Å². The zero-order valence-corrected chi connectivity index (χ0v) is 14.4. The Morgan fingerprint density at radius 1 is 0.885 bits per heavy atom. The molecule has 0 saturated carbocycles. The number of amides is 2. The van der Waals surface area contributed by atoms with Crippen LogP contribution in [-0.4, -0.2) is 52.7 Å². The van der Waals surface area contributed by atoms with Crippen LogP contribution in [0, 0.1) is 17.0 Å². The van der Waals surface area contributed by atoms with E-state index < -0.39 is 4.92 Å². The van der Waals surface area contributed by atoms with Crippen LogP contribution in [0.4, 0.5) is 5.69 Å². The van der Waals surface area contributed by atoms with Crippen LogP contribution in [0.5, 0.6) is 0 Å². The molecule has 0 radical (unpaired) electrons. The van der Waals surface area contributed by atoms with Crippen molar-refractivity contribution < 1.29 is 14.5 Å². The maximum absolute atomic E-state index is 12.6. The predicted molar refractivity (Wildman–Crippen MR) is 96.1 cm³/mol. The fourth-order valence-electron chi connectivity index (χ4n) is 2.93. The lowest BCUT2D eigenvalue weighted by molar-refractivity contribution is -0.384. The lowest BCUT2D eigenvalue weighted by Gasteiger charge is -2.34. The molecule has 134 valence electrons. The van der Waals surface area contributed by atoms with Gasteiger partial charge in [-0.2, -0.15) is 0 Å². The lowest BCUT2D eigenvalue weighted by Crippen LogP contribution is -2.50. The summed E-state index contributed by atoms with van der Waals surface area (Å²) < 4.78 is 0. The normalized spacial score (nSPS) is 14.2. The van der Waals surface area contributed by atoms with Gasteiger partial charge in [-0.25, -0.2) is 0 Å². The van der Waals surface area contributed by atoms with Gasteiger partial charge in [-0.3, -0.25) is 19.7 Å². The van der Waals surface area contributed by atoms with Crippen LogP contribution in [0.2, 0.25) is 0 Å². The van der Waals surface area contributed by atoms with Gasteiger partial charge in [-0.15, -0.1) is 0 Å². The molecule has 1 saturated heterocycles. The van der Waals surface area contributed by atoms with Gasteiger partial charge in [0.15, 0.2) is 0 Å². The van der Waals surface area contributed by atoms with Crippen molar-refractivity contribution in [3.05, 3.63) is 75.3 Å². The quantitative estimate of drug-likeness (QED) is 0.627. The summed E-state index contributed by atoms with van der Waals surface area (Å²) in [5, 5.41) is 10.9. The van der Waals surface area contributed by atoms with E-state index in [0.29, 0.717) is 31.7 Å². The number of piperazine rings is 1. The number of nitro benzene ring substituents is 1. The Labute approximate surface area is 151 Å². The van der Waals surface area contributed by atoms with Gasteiger partial charge in [0.2, 0.25) is 0 Å². The Hall–Kier alpha value is -3.22. The van der Waals surface area contributed by atoms with E-state index in [4.69, 9.17) is 0 Å². The second kappa shape index (κ2) is 7.35. The fourth-order valence-corrected chi connectivity index (χ4v) is 2.93. The summed E-state index contributed by atoms with van der Waals surface area (Å²) in [4.78, 5) is 38.8. The van der Waals surface area contributed by atoms with Crippen LogP contribution in [-0.2, 0) is 0 Å². The third kappa shape index (κ3) is 3.72.